The van der Waals surface area contributed by atoms with Gasteiger partial charge in [-0.15, -0.1) is 0 Å². The van der Waals surface area contributed by atoms with Crippen molar-refractivity contribution in [3.05, 3.63) is 51.5 Å². The maximum atomic E-state index is 13.8. The minimum atomic E-state index is -3.65. The Morgan fingerprint density at radius 3 is 2.45 bits per heavy atom. The van der Waals surface area contributed by atoms with Gasteiger partial charge in [0.1, 0.15) is 16.4 Å². The topological polar surface area (TPSA) is 71.4 Å². The van der Waals surface area contributed by atoms with Gasteiger partial charge in [0.15, 0.2) is 0 Å². The second-order valence-electron chi connectivity index (χ2n) is 7.12. The summed E-state index contributed by atoms with van der Waals surface area (Å²) in [5.41, 5.74) is 0.551. The molecule has 1 aliphatic rings. The molecule has 1 aliphatic heterocycles. The number of carbonyl (C=O) groups excluding carboxylic acids is 1. The van der Waals surface area contributed by atoms with Gasteiger partial charge < -0.3 is 9.88 Å². The minimum Gasteiger partial charge on any atom is -0.345 e. The molecule has 0 spiro atoms. The molecule has 2 heterocycles. The van der Waals surface area contributed by atoms with E-state index < -0.39 is 27.8 Å². The molecular formula is C19H22Cl2FN3O3S. The number of hydrogen-bond acceptors (Lipinski definition) is 3. The maximum Gasteiger partial charge on any atom is 0.268 e. The molecule has 29 heavy (non-hydrogen) atoms. The van der Waals surface area contributed by atoms with E-state index in [1.54, 1.807) is 14.0 Å². The van der Waals surface area contributed by atoms with Crippen LogP contribution in [-0.2, 0) is 17.1 Å². The van der Waals surface area contributed by atoms with Crippen LogP contribution in [0.2, 0.25) is 10.0 Å². The van der Waals surface area contributed by atoms with E-state index in [-0.39, 0.29) is 20.6 Å². The molecule has 1 saturated heterocycles. The zero-order valence-electron chi connectivity index (χ0n) is 16.1. The van der Waals surface area contributed by atoms with Crippen LogP contribution in [0.5, 0.6) is 0 Å². The highest BCUT2D eigenvalue weighted by Crippen LogP contribution is 2.29. The fourth-order valence-corrected chi connectivity index (χ4v) is 5.51. The summed E-state index contributed by atoms with van der Waals surface area (Å²) in [5.74, 6) is -1.13. The molecule has 1 unspecified atom stereocenters. The molecule has 0 aliphatic carbocycles. The quantitative estimate of drug-likeness (QED) is 0.680. The fourth-order valence-electron chi connectivity index (χ4n) is 3.37. The summed E-state index contributed by atoms with van der Waals surface area (Å²) in [6.07, 6.45) is 4.10. The first kappa shape index (κ1) is 22.1. The Hall–Kier alpha value is -1.61. The van der Waals surface area contributed by atoms with Crippen LogP contribution in [0.15, 0.2) is 29.3 Å². The largest absolute Gasteiger partial charge is 0.345 e. The maximum absolute atomic E-state index is 13.8. The Morgan fingerprint density at radius 1 is 1.14 bits per heavy atom. The highest BCUT2D eigenvalue weighted by Gasteiger charge is 2.29. The average Bonchev–Trinajstić information content (AvgIpc) is 3.08. The third kappa shape index (κ3) is 4.60. The van der Waals surface area contributed by atoms with E-state index in [1.807, 2.05) is 0 Å². The molecule has 0 bridgehead atoms. The molecule has 1 amide bonds. The number of carbonyl (C=O) groups is 1. The predicted molar refractivity (Wildman–Crippen MR) is 110 cm³/mol. The molecule has 1 N–H and O–H groups in total. The van der Waals surface area contributed by atoms with E-state index in [0.717, 1.165) is 19.3 Å². The van der Waals surface area contributed by atoms with Crippen LogP contribution in [0.4, 0.5) is 4.39 Å². The lowest BCUT2D eigenvalue weighted by molar-refractivity contribution is 0.0931. The summed E-state index contributed by atoms with van der Waals surface area (Å²) < 4.78 is 42.4. The van der Waals surface area contributed by atoms with Crippen molar-refractivity contribution >= 4 is 39.1 Å². The molecule has 158 valence electrons. The van der Waals surface area contributed by atoms with Crippen molar-refractivity contribution in [2.75, 3.05) is 13.1 Å². The van der Waals surface area contributed by atoms with Crippen LogP contribution in [0.1, 0.15) is 48.3 Å². The third-order valence-corrected chi connectivity index (χ3v) is 7.50. The summed E-state index contributed by atoms with van der Waals surface area (Å²) in [6.45, 7) is 2.62. The molecule has 3 rings (SSSR count). The summed E-state index contributed by atoms with van der Waals surface area (Å²) in [7, 11) is -2.05. The van der Waals surface area contributed by atoms with Crippen molar-refractivity contribution in [2.45, 2.75) is 37.1 Å². The van der Waals surface area contributed by atoms with Crippen molar-refractivity contribution in [1.82, 2.24) is 14.2 Å². The molecule has 0 radical (unpaired) electrons. The van der Waals surface area contributed by atoms with Gasteiger partial charge in [0.2, 0.25) is 10.0 Å². The van der Waals surface area contributed by atoms with Crippen molar-refractivity contribution in [1.29, 1.82) is 0 Å². The Morgan fingerprint density at radius 2 is 1.79 bits per heavy atom. The van der Waals surface area contributed by atoms with Gasteiger partial charge in [-0.3, -0.25) is 4.79 Å². The van der Waals surface area contributed by atoms with Gasteiger partial charge in [0.05, 0.1) is 11.1 Å². The number of sulfonamides is 1. The van der Waals surface area contributed by atoms with E-state index in [0.29, 0.717) is 18.7 Å². The molecule has 1 atom stereocenters. The summed E-state index contributed by atoms with van der Waals surface area (Å²) in [6, 6.07) is 3.20. The van der Waals surface area contributed by atoms with Crippen molar-refractivity contribution in [2.24, 2.45) is 7.05 Å². The summed E-state index contributed by atoms with van der Waals surface area (Å²) >= 11 is 11.8. The van der Waals surface area contributed by atoms with E-state index in [9.17, 15) is 17.6 Å². The lowest BCUT2D eigenvalue weighted by atomic mass is 10.1. The molecule has 1 aromatic carbocycles. The molecule has 2 aromatic rings. The van der Waals surface area contributed by atoms with Crippen LogP contribution in [0.25, 0.3) is 0 Å². The number of aromatic nitrogens is 1. The third-order valence-electron chi connectivity index (χ3n) is 5.02. The monoisotopic (exact) mass is 461 g/mol. The standard InChI is InChI=1S/C19H22Cl2FN3O3S/c1-12(14-9-17(22)16(21)10-15(14)20)23-19(26)18-8-13(11-24(18)2)29(27,28)25-6-4-3-5-7-25/h8-12H,3-7H2,1-2H3,(H,23,26). The number of nitrogens with one attached hydrogen (secondary N) is 1. The number of benzene rings is 1. The Bertz CT molecular complexity index is 1030. The van der Waals surface area contributed by atoms with E-state index >= 15 is 0 Å². The molecular weight excluding hydrogens is 440 g/mol. The lowest BCUT2D eigenvalue weighted by Crippen LogP contribution is -2.35. The number of hydrogen-bond donors (Lipinski definition) is 1. The van der Waals surface area contributed by atoms with Crippen LogP contribution < -0.4 is 5.32 Å². The van der Waals surface area contributed by atoms with Crippen molar-refractivity contribution < 1.29 is 17.6 Å². The van der Waals surface area contributed by atoms with E-state index in [2.05, 4.69) is 5.32 Å². The van der Waals surface area contributed by atoms with Gasteiger partial charge in [-0.25, -0.2) is 12.8 Å². The Labute approximate surface area is 179 Å². The van der Waals surface area contributed by atoms with Crippen LogP contribution >= 0.6 is 23.2 Å². The van der Waals surface area contributed by atoms with Gasteiger partial charge in [-0.2, -0.15) is 4.31 Å². The number of nitrogens with zero attached hydrogens (tertiary/aromatic N) is 2. The van der Waals surface area contributed by atoms with Gasteiger partial charge in [-0.05, 0) is 43.5 Å². The zero-order valence-corrected chi connectivity index (χ0v) is 18.4. The lowest BCUT2D eigenvalue weighted by Gasteiger charge is -2.25. The Balaban J connectivity index is 1.81. The first-order valence-corrected chi connectivity index (χ1v) is 11.4. The fraction of sp³-hybridized carbons (Fsp3) is 0.421. The van der Waals surface area contributed by atoms with Gasteiger partial charge in [0.25, 0.3) is 5.91 Å². The molecule has 1 aromatic heterocycles. The number of rotatable bonds is 5. The minimum absolute atomic E-state index is 0.0790. The predicted octanol–water partition coefficient (Wildman–Crippen LogP) is 4.14. The first-order chi connectivity index (χ1) is 13.6. The average molecular weight is 462 g/mol. The van der Waals surface area contributed by atoms with Crippen molar-refractivity contribution in [3.8, 4) is 0 Å². The van der Waals surface area contributed by atoms with E-state index in [1.165, 1.54) is 33.3 Å². The number of aryl methyl sites for hydroxylation is 1. The van der Waals surface area contributed by atoms with Gasteiger partial charge in [0, 0.05) is 31.4 Å². The van der Waals surface area contributed by atoms with Crippen LogP contribution in [-0.4, -0.2) is 36.3 Å². The Kier molecular flexibility index (Phi) is 6.57. The molecule has 1 fully saturated rings. The molecule has 6 nitrogen and oxygen atoms in total. The summed E-state index contributed by atoms with van der Waals surface area (Å²) in [4.78, 5) is 12.8. The van der Waals surface area contributed by atoms with Crippen LogP contribution in [0.3, 0.4) is 0 Å². The highest BCUT2D eigenvalue weighted by molar-refractivity contribution is 7.89. The SMILES string of the molecule is CC(NC(=O)c1cc(S(=O)(=O)N2CCCCC2)cn1C)c1cc(F)c(Cl)cc1Cl. The van der Waals surface area contributed by atoms with Gasteiger partial charge >= 0.3 is 0 Å². The van der Waals surface area contributed by atoms with Crippen LogP contribution in [0, 0.1) is 5.82 Å². The zero-order chi connectivity index (χ0) is 21.3. The smallest absolute Gasteiger partial charge is 0.268 e. The van der Waals surface area contributed by atoms with Crippen molar-refractivity contribution in [3.63, 3.8) is 0 Å². The van der Waals surface area contributed by atoms with E-state index in [4.69, 9.17) is 23.2 Å². The molecule has 10 heteroatoms. The summed E-state index contributed by atoms with van der Waals surface area (Å²) in [5, 5.41) is 2.84. The highest BCUT2D eigenvalue weighted by atomic mass is 35.5. The second kappa shape index (κ2) is 8.63. The molecule has 0 saturated carbocycles. The number of piperidine rings is 1. The number of amides is 1. The number of halogens is 3. The second-order valence-corrected chi connectivity index (χ2v) is 9.87. The first-order valence-electron chi connectivity index (χ1n) is 9.23. The van der Waals surface area contributed by atoms with Gasteiger partial charge in [-0.1, -0.05) is 29.6 Å². The normalized spacial score (nSPS) is 16.6.